The Morgan fingerprint density at radius 3 is 2.14 bits per heavy atom. The Morgan fingerprint density at radius 1 is 1.05 bits per heavy atom. The first kappa shape index (κ1) is 15.2. The van der Waals surface area contributed by atoms with Crippen molar-refractivity contribution in [3.05, 3.63) is 70.8 Å². The van der Waals surface area contributed by atoms with Gasteiger partial charge in [-0.15, -0.1) is 0 Å². The van der Waals surface area contributed by atoms with E-state index in [0.717, 1.165) is 23.3 Å². The molecule has 21 heavy (non-hydrogen) atoms. The molecule has 0 spiro atoms. The monoisotopic (exact) mass is 290 g/mol. The average Bonchev–Trinajstić information content (AvgIpc) is 2.43. The van der Waals surface area contributed by atoms with Crippen molar-refractivity contribution >= 4 is 5.97 Å². The van der Waals surface area contributed by atoms with E-state index in [-0.39, 0.29) is 18.4 Å². The van der Waals surface area contributed by atoms with Gasteiger partial charge < -0.3 is 5.11 Å². The second kappa shape index (κ2) is 6.48. The molecule has 0 bridgehead atoms. The Kier molecular flexibility index (Phi) is 4.68. The van der Waals surface area contributed by atoms with Gasteiger partial charge in [0.1, 0.15) is 11.6 Å². The quantitative estimate of drug-likeness (QED) is 0.910. The molecule has 4 heteroatoms. The van der Waals surface area contributed by atoms with Gasteiger partial charge in [0.25, 0.3) is 0 Å². The highest BCUT2D eigenvalue weighted by Crippen LogP contribution is 2.20. The molecule has 0 aliphatic rings. The molecule has 0 aliphatic heterocycles. The molecule has 1 unspecified atom stereocenters. The van der Waals surface area contributed by atoms with Crippen LogP contribution in [0.15, 0.2) is 42.5 Å². The molecule has 0 saturated heterocycles. The van der Waals surface area contributed by atoms with E-state index in [1.807, 2.05) is 31.2 Å². The maximum absolute atomic E-state index is 13.6. The van der Waals surface area contributed by atoms with Crippen LogP contribution in [0.4, 0.5) is 8.78 Å². The first-order valence-corrected chi connectivity index (χ1v) is 6.68. The third-order valence-corrected chi connectivity index (χ3v) is 3.46. The minimum absolute atomic E-state index is 0.165. The SMILES string of the molecule is Cc1ccc(CC(Cc2c(F)cccc2F)C(=O)O)cc1. The molecular formula is C17H16F2O2. The first-order valence-electron chi connectivity index (χ1n) is 6.68. The Morgan fingerprint density at radius 2 is 1.62 bits per heavy atom. The minimum Gasteiger partial charge on any atom is -0.481 e. The molecule has 0 heterocycles. The van der Waals surface area contributed by atoms with Gasteiger partial charge in [-0.3, -0.25) is 4.79 Å². The van der Waals surface area contributed by atoms with Crippen LogP contribution in [-0.2, 0) is 17.6 Å². The van der Waals surface area contributed by atoms with Crippen molar-refractivity contribution in [3.8, 4) is 0 Å². The molecule has 0 saturated carbocycles. The molecule has 2 aromatic carbocycles. The fourth-order valence-corrected chi connectivity index (χ4v) is 2.23. The fraction of sp³-hybridized carbons (Fsp3) is 0.235. The van der Waals surface area contributed by atoms with E-state index in [2.05, 4.69) is 0 Å². The van der Waals surface area contributed by atoms with Crippen LogP contribution in [0.3, 0.4) is 0 Å². The predicted octanol–water partition coefficient (Wildman–Crippen LogP) is 3.76. The van der Waals surface area contributed by atoms with E-state index in [1.165, 1.54) is 6.07 Å². The highest BCUT2D eigenvalue weighted by Gasteiger charge is 2.22. The van der Waals surface area contributed by atoms with Gasteiger partial charge in [0.2, 0.25) is 0 Å². The number of rotatable bonds is 5. The van der Waals surface area contributed by atoms with Crippen molar-refractivity contribution in [2.24, 2.45) is 5.92 Å². The van der Waals surface area contributed by atoms with Gasteiger partial charge in [-0.1, -0.05) is 35.9 Å². The zero-order valence-corrected chi connectivity index (χ0v) is 11.6. The van der Waals surface area contributed by atoms with Gasteiger partial charge in [-0.05, 0) is 37.5 Å². The van der Waals surface area contributed by atoms with Crippen LogP contribution in [0.5, 0.6) is 0 Å². The van der Waals surface area contributed by atoms with Gasteiger partial charge in [0.15, 0.2) is 0 Å². The number of hydrogen-bond donors (Lipinski definition) is 1. The molecule has 1 atom stereocenters. The molecule has 0 aliphatic carbocycles. The highest BCUT2D eigenvalue weighted by molar-refractivity contribution is 5.71. The smallest absolute Gasteiger partial charge is 0.307 e. The van der Waals surface area contributed by atoms with Crippen LogP contribution in [0.25, 0.3) is 0 Å². The zero-order chi connectivity index (χ0) is 15.4. The highest BCUT2D eigenvalue weighted by atomic mass is 19.1. The molecule has 1 N–H and O–H groups in total. The Labute approximate surface area is 122 Å². The summed E-state index contributed by atoms with van der Waals surface area (Å²) in [5.74, 6) is -3.33. The summed E-state index contributed by atoms with van der Waals surface area (Å²) in [5, 5.41) is 9.29. The van der Waals surface area contributed by atoms with Gasteiger partial charge in [0.05, 0.1) is 5.92 Å². The number of carbonyl (C=O) groups is 1. The normalized spacial score (nSPS) is 12.1. The van der Waals surface area contributed by atoms with Crippen LogP contribution >= 0.6 is 0 Å². The predicted molar refractivity (Wildman–Crippen MR) is 76.1 cm³/mol. The maximum atomic E-state index is 13.6. The summed E-state index contributed by atoms with van der Waals surface area (Å²) in [6, 6.07) is 11.0. The summed E-state index contributed by atoms with van der Waals surface area (Å²) < 4.78 is 27.3. The number of aryl methyl sites for hydroxylation is 1. The van der Waals surface area contributed by atoms with Crippen LogP contribution in [0, 0.1) is 24.5 Å². The zero-order valence-electron chi connectivity index (χ0n) is 11.6. The van der Waals surface area contributed by atoms with Crippen molar-refractivity contribution in [3.63, 3.8) is 0 Å². The molecule has 0 amide bonds. The van der Waals surface area contributed by atoms with Crippen LogP contribution < -0.4 is 0 Å². The van der Waals surface area contributed by atoms with Crippen LogP contribution in [0.2, 0.25) is 0 Å². The van der Waals surface area contributed by atoms with Crippen molar-refractivity contribution in [2.75, 3.05) is 0 Å². The summed E-state index contributed by atoms with van der Waals surface area (Å²) in [6.45, 7) is 1.94. The Balaban J connectivity index is 2.20. The van der Waals surface area contributed by atoms with Gasteiger partial charge in [-0.25, -0.2) is 8.78 Å². The van der Waals surface area contributed by atoms with Crippen molar-refractivity contribution in [2.45, 2.75) is 19.8 Å². The van der Waals surface area contributed by atoms with Gasteiger partial charge in [0, 0.05) is 5.56 Å². The lowest BCUT2D eigenvalue weighted by atomic mass is 9.92. The summed E-state index contributed by atoms with van der Waals surface area (Å²) >= 11 is 0. The third-order valence-electron chi connectivity index (χ3n) is 3.46. The summed E-state index contributed by atoms with van der Waals surface area (Å²) in [5.41, 5.74) is 1.74. The number of halogens is 2. The number of carboxylic acid groups (broad SMARTS) is 1. The maximum Gasteiger partial charge on any atom is 0.307 e. The number of benzene rings is 2. The van der Waals surface area contributed by atoms with Gasteiger partial charge in [-0.2, -0.15) is 0 Å². The van der Waals surface area contributed by atoms with E-state index in [0.29, 0.717) is 0 Å². The molecule has 2 rings (SSSR count). The molecule has 0 aromatic heterocycles. The van der Waals surface area contributed by atoms with Crippen LogP contribution in [0.1, 0.15) is 16.7 Å². The summed E-state index contributed by atoms with van der Waals surface area (Å²) in [6.07, 6.45) is 0.0745. The topological polar surface area (TPSA) is 37.3 Å². The van der Waals surface area contributed by atoms with Crippen molar-refractivity contribution < 1.29 is 18.7 Å². The molecule has 2 nitrogen and oxygen atoms in total. The Bertz CT molecular complexity index is 615. The van der Waals surface area contributed by atoms with E-state index in [4.69, 9.17) is 0 Å². The lowest BCUT2D eigenvalue weighted by Crippen LogP contribution is -2.20. The van der Waals surface area contributed by atoms with Crippen molar-refractivity contribution in [1.82, 2.24) is 0 Å². The average molecular weight is 290 g/mol. The lowest BCUT2D eigenvalue weighted by Gasteiger charge is -2.14. The Hall–Kier alpha value is -2.23. The van der Waals surface area contributed by atoms with Crippen LogP contribution in [-0.4, -0.2) is 11.1 Å². The number of carboxylic acids is 1. The van der Waals surface area contributed by atoms with E-state index < -0.39 is 23.5 Å². The molecule has 2 aromatic rings. The second-order valence-corrected chi connectivity index (χ2v) is 5.13. The molecule has 110 valence electrons. The first-order chi connectivity index (χ1) is 9.97. The minimum atomic E-state index is -1.06. The second-order valence-electron chi connectivity index (χ2n) is 5.13. The van der Waals surface area contributed by atoms with Crippen molar-refractivity contribution in [1.29, 1.82) is 0 Å². The molecular weight excluding hydrogens is 274 g/mol. The summed E-state index contributed by atoms with van der Waals surface area (Å²) in [4.78, 5) is 11.4. The molecule has 0 fully saturated rings. The van der Waals surface area contributed by atoms with E-state index in [1.54, 1.807) is 0 Å². The number of hydrogen-bond acceptors (Lipinski definition) is 1. The van der Waals surface area contributed by atoms with Gasteiger partial charge >= 0.3 is 5.97 Å². The lowest BCUT2D eigenvalue weighted by molar-refractivity contribution is -0.141. The molecule has 0 radical (unpaired) electrons. The third kappa shape index (κ3) is 3.88. The standard InChI is InChI=1S/C17H16F2O2/c1-11-5-7-12(8-6-11)9-13(17(20)21)10-14-15(18)3-2-4-16(14)19/h2-8,13H,9-10H2,1H3,(H,20,21). The number of aliphatic carboxylic acids is 1. The van der Waals surface area contributed by atoms with E-state index >= 15 is 0 Å². The van der Waals surface area contributed by atoms with E-state index in [9.17, 15) is 18.7 Å². The summed E-state index contributed by atoms with van der Waals surface area (Å²) in [7, 11) is 0. The fourth-order valence-electron chi connectivity index (χ4n) is 2.23. The largest absolute Gasteiger partial charge is 0.481 e.